The molecule has 0 unspecified atom stereocenters. The number of fused-ring (bicyclic) bond motifs is 2. The fraction of sp³-hybridized carbons (Fsp3) is 0.143. The number of benzene rings is 1. The van der Waals surface area contributed by atoms with Crippen LogP contribution >= 0.6 is 11.3 Å². The smallest absolute Gasteiger partial charge is 0.158 e. The molecule has 1 aromatic carbocycles. The molecule has 30 heavy (non-hydrogen) atoms. The first-order chi connectivity index (χ1) is 14.7. The maximum absolute atomic E-state index is 6.05. The minimum absolute atomic E-state index is 0.562. The Labute approximate surface area is 176 Å². The van der Waals surface area contributed by atoms with Crippen molar-refractivity contribution in [3.05, 3.63) is 65.7 Å². The Morgan fingerprint density at radius 2 is 2.00 bits per heavy atom. The van der Waals surface area contributed by atoms with E-state index in [1.54, 1.807) is 29.3 Å². The molecule has 0 aliphatic carbocycles. The van der Waals surface area contributed by atoms with Crippen LogP contribution in [-0.2, 0) is 11.3 Å². The van der Waals surface area contributed by atoms with E-state index < -0.39 is 0 Å². The van der Waals surface area contributed by atoms with Gasteiger partial charge in [0.1, 0.15) is 34.8 Å². The number of ether oxygens (including phenoxy) is 2. The molecule has 0 radical (unpaired) electrons. The average molecular weight is 418 g/mol. The molecule has 150 valence electrons. The van der Waals surface area contributed by atoms with Crippen molar-refractivity contribution < 1.29 is 9.47 Å². The van der Waals surface area contributed by atoms with E-state index in [9.17, 15) is 0 Å². The van der Waals surface area contributed by atoms with Crippen molar-refractivity contribution >= 4 is 38.7 Å². The van der Waals surface area contributed by atoms with Gasteiger partial charge in [0.15, 0.2) is 5.65 Å². The number of rotatable bonds is 6. The minimum Gasteiger partial charge on any atom is -0.457 e. The van der Waals surface area contributed by atoms with Crippen LogP contribution < -0.4 is 10.1 Å². The summed E-state index contributed by atoms with van der Waals surface area (Å²) in [6.45, 7) is 2.57. The fourth-order valence-electron chi connectivity index (χ4n) is 3.18. The number of pyridine rings is 1. The number of anilines is 2. The van der Waals surface area contributed by atoms with Gasteiger partial charge >= 0.3 is 0 Å². The van der Waals surface area contributed by atoms with Gasteiger partial charge in [-0.1, -0.05) is 0 Å². The van der Waals surface area contributed by atoms with Crippen molar-refractivity contribution in [3.8, 4) is 11.5 Å². The van der Waals surface area contributed by atoms with Crippen LogP contribution in [0.3, 0.4) is 0 Å². The molecule has 0 bridgehead atoms. The van der Waals surface area contributed by atoms with Crippen molar-refractivity contribution in [2.24, 2.45) is 0 Å². The van der Waals surface area contributed by atoms with Crippen LogP contribution in [0, 0.1) is 6.92 Å². The van der Waals surface area contributed by atoms with Crippen molar-refractivity contribution in [2.45, 2.75) is 13.5 Å². The summed E-state index contributed by atoms with van der Waals surface area (Å²) in [4.78, 5) is 15.0. The molecule has 0 saturated carbocycles. The maximum atomic E-state index is 6.05. The van der Waals surface area contributed by atoms with Crippen LogP contribution in [0.15, 0.2) is 55.2 Å². The summed E-state index contributed by atoms with van der Waals surface area (Å²) in [5, 5.41) is 8.47. The van der Waals surface area contributed by atoms with Gasteiger partial charge in [0.2, 0.25) is 0 Å². The van der Waals surface area contributed by atoms with Gasteiger partial charge in [-0.05, 0) is 42.8 Å². The SMILES string of the molecule is COCc1cc2c(Nc3ccc(Oc4ccn5ncnc5c4)c(C)c3)ncnc2s1. The van der Waals surface area contributed by atoms with Gasteiger partial charge in [-0.2, -0.15) is 5.10 Å². The largest absolute Gasteiger partial charge is 0.457 e. The van der Waals surface area contributed by atoms with Gasteiger partial charge in [-0.25, -0.2) is 19.5 Å². The predicted molar refractivity (Wildman–Crippen MR) is 116 cm³/mol. The number of hydrogen-bond acceptors (Lipinski definition) is 8. The summed E-state index contributed by atoms with van der Waals surface area (Å²) in [6, 6.07) is 11.7. The Bertz CT molecular complexity index is 1350. The second kappa shape index (κ2) is 7.69. The topological polar surface area (TPSA) is 86.5 Å². The zero-order valence-electron chi connectivity index (χ0n) is 16.4. The number of nitrogens with zero attached hydrogens (tertiary/aromatic N) is 5. The zero-order chi connectivity index (χ0) is 20.5. The number of nitrogens with one attached hydrogen (secondary N) is 1. The molecule has 5 aromatic rings. The van der Waals surface area contributed by atoms with Crippen molar-refractivity contribution in [1.82, 2.24) is 24.6 Å². The molecule has 0 saturated heterocycles. The fourth-order valence-corrected chi connectivity index (χ4v) is 4.15. The van der Waals surface area contributed by atoms with E-state index in [0.717, 1.165) is 43.6 Å². The van der Waals surface area contributed by atoms with Crippen LogP contribution in [-0.4, -0.2) is 31.7 Å². The molecule has 0 spiro atoms. The lowest BCUT2D eigenvalue weighted by Gasteiger charge is -2.12. The van der Waals surface area contributed by atoms with Gasteiger partial charge in [0.25, 0.3) is 0 Å². The Hall–Kier alpha value is -3.56. The lowest BCUT2D eigenvalue weighted by atomic mass is 10.2. The zero-order valence-corrected chi connectivity index (χ0v) is 17.2. The van der Waals surface area contributed by atoms with E-state index >= 15 is 0 Å². The van der Waals surface area contributed by atoms with Crippen LogP contribution in [0.25, 0.3) is 15.9 Å². The molecular weight excluding hydrogens is 400 g/mol. The van der Waals surface area contributed by atoms with E-state index in [1.807, 2.05) is 43.5 Å². The van der Waals surface area contributed by atoms with Gasteiger partial charge in [-0.3, -0.25) is 0 Å². The molecule has 8 nitrogen and oxygen atoms in total. The number of thiophene rings is 1. The monoisotopic (exact) mass is 418 g/mol. The highest BCUT2D eigenvalue weighted by molar-refractivity contribution is 7.18. The van der Waals surface area contributed by atoms with E-state index in [1.165, 1.54) is 6.33 Å². The molecule has 5 rings (SSSR count). The molecule has 4 heterocycles. The Balaban J connectivity index is 1.39. The first kappa shape index (κ1) is 18.5. The first-order valence-corrected chi connectivity index (χ1v) is 10.1. The highest BCUT2D eigenvalue weighted by atomic mass is 32.1. The molecule has 0 fully saturated rings. The normalized spacial score (nSPS) is 11.3. The lowest BCUT2D eigenvalue weighted by Crippen LogP contribution is -1.96. The van der Waals surface area contributed by atoms with Crippen LogP contribution in [0.4, 0.5) is 11.5 Å². The van der Waals surface area contributed by atoms with Crippen LogP contribution in [0.1, 0.15) is 10.4 Å². The molecule has 0 aliphatic rings. The van der Waals surface area contributed by atoms with Crippen molar-refractivity contribution in [1.29, 1.82) is 0 Å². The third-order valence-corrected chi connectivity index (χ3v) is 5.60. The number of aryl methyl sites for hydroxylation is 1. The van der Waals surface area contributed by atoms with Crippen molar-refractivity contribution in [2.75, 3.05) is 12.4 Å². The molecule has 4 aromatic heterocycles. The Morgan fingerprint density at radius 1 is 1.07 bits per heavy atom. The third-order valence-electron chi connectivity index (χ3n) is 4.58. The summed E-state index contributed by atoms with van der Waals surface area (Å²) in [7, 11) is 1.69. The first-order valence-electron chi connectivity index (χ1n) is 9.27. The van der Waals surface area contributed by atoms with Gasteiger partial charge in [0, 0.05) is 29.9 Å². The molecule has 9 heteroatoms. The summed E-state index contributed by atoms with van der Waals surface area (Å²) < 4.78 is 13.0. The second-order valence-corrected chi connectivity index (χ2v) is 7.83. The summed E-state index contributed by atoms with van der Waals surface area (Å²) >= 11 is 1.61. The molecule has 1 N–H and O–H groups in total. The quantitative estimate of drug-likeness (QED) is 0.427. The van der Waals surface area contributed by atoms with Gasteiger partial charge in [-0.15, -0.1) is 11.3 Å². The third kappa shape index (κ3) is 3.56. The number of methoxy groups -OCH3 is 1. The van der Waals surface area contributed by atoms with Gasteiger partial charge in [0.05, 0.1) is 12.0 Å². The average Bonchev–Trinajstić information content (AvgIpc) is 3.37. The number of aromatic nitrogens is 5. The van der Waals surface area contributed by atoms with Crippen LogP contribution in [0.5, 0.6) is 11.5 Å². The van der Waals surface area contributed by atoms with Gasteiger partial charge < -0.3 is 14.8 Å². The highest BCUT2D eigenvalue weighted by Gasteiger charge is 2.10. The lowest BCUT2D eigenvalue weighted by molar-refractivity contribution is 0.187. The highest BCUT2D eigenvalue weighted by Crippen LogP contribution is 2.32. The molecule has 0 aliphatic heterocycles. The van der Waals surface area contributed by atoms with E-state index in [2.05, 4.69) is 31.4 Å². The standard InChI is InChI=1S/C21H18N6O2S/c1-13-7-14(26-20-17-9-16(10-28-2)30-21(17)24-11-23-20)3-4-18(13)29-15-5-6-27-19(8-15)22-12-25-27/h3-9,11-12H,10H2,1-2H3,(H,23,24,26). The summed E-state index contributed by atoms with van der Waals surface area (Å²) in [6.07, 6.45) is 4.91. The Kier molecular flexibility index (Phi) is 4.74. The second-order valence-electron chi connectivity index (χ2n) is 6.72. The maximum Gasteiger partial charge on any atom is 0.158 e. The van der Waals surface area contributed by atoms with E-state index in [-0.39, 0.29) is 0 Å². The summed E-state index contributed by atoms with van der Waals surface area (Å²) in [5.74, 6) is 2.25. The predicted octanol–water partition coefficient (Wildman–Crippen LogP) is 4.72. The van der Waals surface area contributed by atoms with Crippen molar-refractivity contribution in [3.63, 3.8) is 0 Å². The molecular formula is C21H18N6O2S. The minimum atomic E-state index is 0.562. The Morgan fingerprint density at radius 3 is 2.87 bits per heavy atom. The van der Waals surface area contributed by atoms with E-state index in [4.69, 9.17) is 9.47 Å². The number of hydrogen-bond donors (Lipinski definition) is 1. The molecule has 0 amide bonds. The van der Waals surface area contributed by atoms with E-state index in [0.29, 0.717) is 12.4 Å². The molecule has 0 atom stereocenters. The van der Waals surface area contributed by atoms with Crippen LogP contribution in [0.2, 0.25) is 0 Å². The summed E-state index contributed by atoms with van der Waals surface area (Å²) in [5.41, 5.74) is 2.66.